The van der Waals surface area contributed by atoms with Crippen molar-refractivity contribution in [2.45, 2.75) is 18.9 Å². The van der Waals surface area contributed by atoms with Gasteiger partial charge in [0.2, 0.25) is 5.91 Å². The molecule has 1 amide bonds. The van der Waals surface area contributed by atoms with Crippen LogP contribution in [0.2, 0.25) is 0 Å². The Hall–Kier alpha value is -0.910. The highest BCUT2D eigenvalue weighted by Crippen LogP contribution is 2.13. The maximum Gasteiger partial charge on any atom is 0.220 e. The van der Waals surface area contributed by atoms with Crippen molar-refractivity contribution in [3.8, 4) is 0 Å². The average Bonchev–Trinajstić information content (AvgIpc) is 2.80. The average molecular weight is 327 g/mol. The third kappa shape index (κ3) is 4.60. The maximum absolute atomic E-state index is 11.7. The van der Waals surface area contributed by atoms with Crippen LogP contribution in [0, 0.1) is 5.92 Å². The number of amides is 1. The van der Waals surface area contributed by atoms with E-state index < -0.39 is 0 Å². The summed E-state index contributed by atoms with van der Waals surface area (Å²) in [6.45, 7) is 1.94. The van der Waals surface area contributed by atoms with Crippen molar-refractivity contribution in [1.29, 1.82) is 0 Å². The summed E-state index contributed by atoms with van der Waals surface area (Å²) in [4.78, 5) is 11.7. The van der Waals surface area contributed by atoms with Crippen LogP contribution in [0.4, 0.5) is 0 Å². The van der Waals surface area contributed by atoms with Gasteiger partial charge in [0.1, 0.15) is 0 Å². The summed E-state index contributed by atoms with van der Waals surface area (Å²) in [5.41, 5.74) is 1.15. The quantitative estimate of drug-likeness (QED) is 0.758. The van der Waals surface area contributed by atoms with Crippen molar-refractivity contribution in [3.63, 3.8) is 0 Å². The van der Waals surface area contributed by atoms with Crippen LogP contribution < -0.4 is 10.6 Å². The van der Waals surface area contributed by atoms with E-state index >= 15 is 0 Å². The fourth-order valence-corrected chi connectivity index (χ4v) is 2.66. The minimum Gasteiger partial charge on any atom is -0.391 e. The Kier molecular flexibility index (Phi) is 5.36. The first-order chi connectivity index (χ1) is 9.15. The molecule has 0 radical (unpaired) electrons. The largest absolute Gasteiger partial charge is 0.391 e. The van der Waals surface area contributed by atoms with Gasteiger partial charge in [-0.3, -0.25) is 4.79 Å². The molecule has 1 fully saturated rings. The second kappa shape index (κ2) is 7.03. The SMILES string of the molecule is O=C(CCc1cccc(Br)c1)NCC1CNCC1O. The molecule has 4 nitrogen and oxygen atoms in total. The van der Waals surface area contributed by atoms with Crippen LogP contribution in [0.3, 0.4) is 0 Å². The number of aliphatic hydroxyl groups is 1. The third-order valence-corrected chi connectivity index (χ3v) is 3.89. The van der Waals surface area contributed by atoms with Gasteiger partial charge in [-0.1, -0.05) is 28.1 Å². The van der Waals surface area contributed by atoms with Crippen molar-refractivity contribution >= 4 is 21.8 Å². The van der Waals surface area contributed by atoms with Crippen molar-refractivity contribution in [2.24, 2.45) is 5.92 Å². The predicted molar refractivity (Wildman–Crippen MR) is 77.8 cm³/mol. The summed E-state index contributed by atoms with van der Waals surface area (Å²) in [6.07, 6.45) is 0.870. The lowest BCUT2D eigenvalue weighted by atomic mass is 10.1. The Bertz CT molecular complexity index is 439. The normalized spacial score (nSPS) is 22.4. The van der Waals surface area contributed by atoms with Crippen molar-refractivity contribution in [3.05, 3.63) is 34.3 Å². The highest BCUT2D eigenvalue weighted by Gasteiger charge is 2.24. The fraction of sp³-hybridized carbons (Fsp3) is 0.500. The molecule has 1 aliphatic heterocycles. The molecule has 19 heavy (non-hydrogen) atoms. The van der Waals surface area contributed by atoms with Crippen LogP contribution in [0.5, 0.6) is 0 Å². The van der Waals surface area contributed by atoms with E-state index in [0.29, 0.717) is 19.5 Å². The number of hydrogen-bond acceptors (Lipinski definition) is 3. The van der Waals surface area contributed by atoms with Crippen molar-refractivity contribution in [2.75, 3.05) is 19.6 Å². The van der Waals surface area contributed by atoms with Gasteiger partial charge < -0.3 is 15.7 Å². The van der Waals surface area contributed by atoms with Gasteiger partial charge in [0, 0.05) is 36.4 Å². The number of nitrogens with one attached hydrogen (secondary N) is 2. The van der Waals surface area contributed by atoms with Gasteiger partial charge >= 0.3 is 0 Å². The third-order valence-electron chi connectivity index (χ3n) is 3.40. The molecule has 0 aliphatic carbocycles. The molecule has 0 saturated carbocycles. The Balaban J connectivity index is 1.70. The fourth-order valence-electron chi connectivity index (χ4n) is 2.21. The number of hydrogen-bond donors (Lipinski definition) is 3. The number of rotatable bonds is 5. The van der Waals surface area contributed by atoms with E-state index in [4.69, 9.17) is 0 Å². The first-order valence-electron chi connectivity index (χ1n) is 6.55. The van der Waals surface area contributed by atoms with Gasteiger partial charge in [0.05, 0.1) is 6.10 Å². The van der Waals surface area contributed by atoms with E-state index in [1.807, 2.05) is 24.3 Å². The molecule has 1 aliphatic rings. The van der Waals surface area contributed by atoms with Crippen LogP contribution >= 0.6 is 15.9 Å². The summed E-state index contributed by atoms with van der Waals surface area (Å²) >= 11 is 3.42. The van der Waals surface area contributed by atoms with E-state index in [9.17, 15) is 9.90 Å². The molecule has 0 aromatic heterocycles. The number of benzene rings is 1. The Morgan fingerprint density at radius 2 is 2.32 bits per heavy atom. The van der Waals surface area contributed by atoms with Gasteiger partial charge in [-0.25, -0.2) is 0 Å². The summed E-state index contributed by atoms with van der Waals surface area (Å²) in [5, 5.41) is 15.6. The molecule has 1 heterocycles. The molecule has 1 aromatic carbocycles. The van der Waals surface area contributed by atoms with Crippen molar-refractivity contribution in [1.82, 2.24) is 10.6 Å². The molecule has 2 unspecified atom stereocenters. The molecule has 0 spiro atoms. The molecule has 5 heteroatoms. The molecular weight excluding hydrogens is 308 g/mol. The maximum atomic E-state index is 11.7. The van der Waals surface area contributed by atoms with Crippen LogP contribution in [0.25, 0.3) is 0 Å². The zero-order valence-electron chi connectivity index (χ0n) is 10.7. The molecule has 3 N–H and O–H groups in total. The highest BCUT2D eigenvalue weighted by molar-refractivity contribution is 9.10. The van der Waals surface area contributed by atoms with E-state index in [-0.39, 0.29) is 17.9 Å². The second-order valence-electron chi connectivity index (χ2n) is 4.92. The molecule has 1 aromatic rings. The lowest BCUT2D eigenvalue weighted by Gasteiger charge is -2.14. The van der Waals surface area contributed by atoms with E-state index in [2.05, 4.69) is 26.6 Å². The Morgan fingerprint density at radius 1 is 1.47 bits per heavy atom. The molecule has 2 atom stereocenters. The molecule has 104 valence electrons. The van der Waals surface area contributed by atoms with Crippen LogP contribution in [-0.4, -0.2) is 36.8 Å². The topological polar surface area (TPSA) is 61.4 Å². The van der Waals surface area contributed by atoms with Gasteiger partial charge in [0.15, 0.2) is 0 Å². The van der Waals surface area contributed by atoms with Gasteiger partial charge in [-0.15, -0.1) is 0 Å². The first-order valence-corrected chi connectivity index (χ1v) is 7.34. The monoisotopic (exact) mass is 326 g/mol. The van der Waals surface area contributed by atoms with E-state index in [1.165, 1.54) is 0 Å². The summed E-state index contributed by atoms with van der Waals surface area (Å²) in [7, 11) is 0. The molecule has 2 rings (SSSR count). The minimum absolute atomic E-state index is 0.0408. The van der Waals surface area contributed by atoms with Crippen LogP contribution in [0.1, 0.15) is 12.0 Å². The van der Waals surface area contributed by atoms with Crippen LogP contribution in [0.15, 0.2) is 28.7 Å². The number of halogens is 1. The lowest BCUT2D eigenvalue weighted by molar-refractivity contribution is -0.121. The van der Waals surface area contributed by atoms with Gasteiger partial charge in [-0.05, 0) is 24.1 Å². The zero-order valence-corrected chi connectivity index (χ0v) is 12.3. The molecule has 1 saturated heterocycles. The van der Waals surface area contributed by atoms with E-state index in [0.717, 1.165) is 23.0 Å². The summed E-state index contributed by atoms with van der Waals surface area (Å²) in [6, 6.07) is 7.98. The number of carbonyl (C=O) groups is 1. The van der Waals surface area contributed by atoms with E-state index in [1.54, 1.807) is 0 Å². The predicted octanol–water partition coefficient (Wildman–Crippen LogP) is 1.08. The smallest absolute Gasteiger partial charge is 0.220 e. The first kappa shape index (κ1) is 14.5. The highest BCUT2D eigenvalue weighted by atomic mass is 79.9. The summed E-state index contributed by atoms with van der Waals surface area (Å²) < 4.78 is 1.03. The zero-order chi connectivity index (χ0) is 13.7. The van der Waals surface area contributed by atoms with Gasteiger partial charge in [0.25, 0.3) is 0 Å². The van der Waals surface area contributed by atoms with Crippen molar-refractivity contribution < 1.29 is 9.90 Å². The second-order valence-corrected chi connectivity index (χ2v) is 5.84. The van der Waals surface area contributed by atoms with Gasteiger partial charge in [-0.2, -0.15) is 0 Å². The minimum atomic E-state index is -0.342. The Labute approximate surface area is 121 Å². The Morgan fingerprint density at radius 3 is 3.00 bits per heavy atom. The number of β-amino-alcohol motifs (C(OH)–C–C–N with tert-alkyl or cyclic N) is 1. The lowest BCUT2D eigenvalue weighted by Crippen LogP contribution is -2.34. The number of aliphatic hydroxyl groups excluding tert-OH is 1. The standard InChI is InChI=1S/C14H19BrN2O2/c15-12-3-1-2-10(6-12)4-5-14(19)17-8-11-7-16-9-13(11)18/h1-3,6,11,13,16,18H,4-5,7-9H2,(H,17,19). The summed E-state index contributed by atoms with van der Waals surface area (Å²) in [5.74, 6) is 0.175. The molecular formula is C14H19BrN2O2. The van der Waals surface area contributed by atoms with Crippen LogP contribution in [-0.2, 0) is 11.2 Å². The number of carbonyl (C=O) groups excluding carboxylic acids is 1. The molecule has 0 bridgehead atoms. The number of aryl methyl sites for hydroxylation is 1.